The number of amides is 1. The quantitative estimate of drug-likeness (QED) is 0.486. The number of hydrogen-bond donors (Lipinski definition) is 2. The van der Waals surface area contributed by atoms with Crippen molar-refractivity contribution in [2.45, 2.75) is 33.4 Å². The number of methoxy groups -OCH3 is 1. The predicted octanol–water partition coefficient (Wildman–Crippen LogP) is 3.89. The molecule has 0 radical (unpaired) electrons. The maximum absolute atomic E-state index is 13.3. The van der Waals surface area contributed by atoms with E-state index in [2.05, 4.69) is 38.9 Å². The lowest BCUT2D eigenvalue weighted by molar-refractivity contribution is 0.0951. The van der Waals surface area contributed by atoms with Crippen molar-refractivity contribution in [2.75, 3.05) is 7.11 Å². The smallest absolute Gasteiger partial charge is 0.256 e. The van der Waals surface area contributed by atoms with E-state index in [9.17, 15) is 9.59 Å². The van der Waals surface area contributed by atoms with Crippen molar-refractivity contribution in [1.82, 2.24) is 19.9 Å². The van der Waals surface area contributed by atoms with E-state index < -0.39 is 0 Å². The Kier molecular flexibility index (Phi) is 5.81. The van der Waals surface area contributed by atoms with Crippen LogP contribution in [0.4, 0.5) is 0 Å². The molecule has 3 heterocycles. The Balaban J connectivity index is 1.72. The number of aromatic amines is 1. The summed E-state index contributed by atoms with van der Waals surface area (Å²) in [4.78, 5) is 32.7. The third-order valence-corrected chi connectivity index (χ3v) is 5.82. The SMILES string of the molecule is COc1cc(C)[nH]c(=O)c1CNC(=O)c1c(C)n(C(C)c2ccccc2)c2cnccc12. The molecule has 4 rings (SSSR count). The van der Waals surface area contributed by atoms with E-state index in [1.165, 1.54) is 7.11 Å². The molecule has 0 bridgehead atoms. The molecular formula is C25H26N4O3. The lowest BCUT2D eigenvalue weighted by Crippen LogP contribution is -2.28. The van der Waals surface area contributed by atoms with Gasteiger partial charge in [0.1, 0.15) is 5.75 Å². The molecule has 3 aromatic heterocycles. The fourth-order valence-electron chi connectivity index (χ4n) is 4.24. The zero-order chi connectivity index (χ0) is 22.8. The van der Waals surface area contributed by atoms with E-state index in [0.717, 1.165) is 22.2 Å². The number of benzene rings is 1. The van der Waals surface area contributed by atoms with E-state index in [0.29, 0.717) is 22.6 Å². The van der Waals surface area contributed by atoms with Crippen molar-refractivity contribution in [1.29, 1.82) is 0 Å². The standard InChI is InChI=1S/C25H26N4O3/c1-15-12-22(32-4)20(24(30)28-15)13-27-25(31)23-17(3)29(21-14-26-11-10-19(21)23)16(2)18-8-6-5-7-9-18/h5-12,14,16H,13H2,1-4H3,(H,27,31)(H,28,30). The predicted molar refractivity (Wildman–Crippen MR) is 124 cm³/mol. The number of pyridine rings is 2. The molecule has 7 heteroatoms. The first-order valence-electron chi connectivity index (χ1n) is 10.5. The third-order valence-electron chi connectivity index (χ3n) is 5.82. The van der Waals surface area contributed by atoms with Gasteiger partial charge in [0, 0.05) is 23.0 Å². The highest BCUT2D eigenvalue weighted by atomic mass is 16.5. The van der Waals surface area contributed by atoms with Gasteiger partial charge in [-0.2, -0.15) is 0 Å². The number of hydrogen-bond acceptors (Lipinski definition) is 4. The normalized spacial score (nSPS) is 12.0. The van der Waals surface area contributed by atoms with E-state index >= 15 is 0 Å². The summed E-state index contributed by atoms with van der Waals surface area (Å²) in [5.41, 5.74) is 4.24. The van der Waals surface area contributed by atoms with Gasteiger partial charge in [-0.25, -0.2) is 0 Å². The molecule has 2 N–H and O–H groups in total. The van der Waals surface area contributed by atoms with Gasteiger partial charge in [0.2, 0.25) is 0 Å². The van der Waals surface area contributed by atoms with Gasteiger partial charge < -0.3 is 19.6 Å². The fraction of sp³-hybridized carbons (Fsp3) is 0.240. The second-order valence-corrected chi connectivity index (χ2v) is 7.82. The van der Waals surface area contributed by atoms with Gasteiger partial charge in [-0.3, -0.25) is 14.6 Å². The van der Waals surface area contributed by atoms with Crippen LogP contribution < -0.4 is 15.6 Å². The summed E-state index contributed by atoms with van der Waals surface area (Å²) in [6, 6.07) is 13.8. The minimum Gasteiger partial charge on any atom is -0.496 e. The molecule has 0 aliphatic carbocycles. The first-order valence-corrected chi connectivity index (χ1v) is 10.5. The zero-order valence-electron chi connectivity index (χ0n) is 18.6. The summed E-state index contributed by atoms with van der Waals surface area (Å²) in [6.45, 7) is 5.89. The Morgan fingerprint density at radius 1 is 1.22 bits per heavy atom. The van der Waals surface area contributed by atoms with Crippen LogP contribution in [0.3, 0.4) is 0 Å². The molecular weight excluding hydrogens is 404 g/mol. The number of aromatic nitrogens is 3. The summed E-state index contributed by atoms with van der Waals surface area (Å²) < 4.78 is 7.47. The van der Waals surface area contributed by atoms with E-state index in [-0.39, 0.29) is 24.1 Å². The maximum Gasteiger partial charge on any atom is 0.256 e. The molecule has 1 amide bonds. The van der Waals surface area contributed by atoms with Crippen molar-refractivity contribution < 1.29 is 9.53 Å². The first-order chi connectivity index (χ1) is 15.4. The Bertz CT molecular complexity index is 1340. The van der Waals surface area contributed by atoms with Crippen molar-refractivity contribution in [3.8, 4) is 5.75 Å². The number of nitrogens with one attached hydrogen (secondary N) is 2. The topological polar surface area (TPSA) is 89.0 Å². The van der Waals surface area contributed by atoms with Crippen LogP contribution in [0.2, 0.25) is 0 Å². The van der Waals surface area contributed by atoms with Gasteiger partial charge in [-0.05, 0) is 38.5 Å². The van der Waals surface area contributed by atoms with Crippen LogP contribution in [0.5, 0.6) is 5.75 Å². The Labute approximate surface area is 186 Å². The molecule has 4 aromatic rings. The summed E-state index contributed by atoms with van der Waals surface area (Å²) in [5.74, 6) is 0.201. The molecule has 0 aliphatic rings. The number of aryl methyl sites for hydroxylation is 1. The van der Waals surface area contributed by atoms with Gasteiger partial charge in [0.05, 0.1) is 42.5 Å². The highest BCUT2D eigenvalue weighted by Crippen LogP contribution is 2.31. The number of carbonyl (C=O) groups is 1. The molecule has 0 aliphatic heterocycles. The minimum atomic E-state index is -0.275. The maximum atomic E-state index is 13.3. The van der Waals surface area contributed by atoms with Crippen molar-refractivity contribution in [3.63, 3.8) is 0 Å². The third kappa shape index (κ3) is 3.77. The zero-order valence-corrected chi connectivity index (χ0v) is 18.6. The Hall–Kier alpha value is -3.87. The van der Waals surface area contributed by atoms with E-state index in [1.807, 2.05) is 31.2 Å². The number of ether oxygens (including phenoxy) is 1. The summed E-state index contributed by atoms with van der Waals surface area (Å²) in [5, 5.41) is 3.72. The summed E-state index contributed by atoms with van der Waals surface area (Å²) in [6.07, 6.45) is 3.47. The highest BCUT2D eigenvalue weighted by Gasteiger charge is 2.23. The van der Waals surface area contributed by atoms with Gasteiger partial charge in [-0.1, -0.05) is 30.3 Å². The van der Waals surface area contributed by atoms with Gasteiger partial charge in [-0.15, -0.1) is 0 Å². The van der Waals surface area contributed by atoms with Crippen LogP contribution in [-0.4, -0.2) is 27.6 Å². The van der Waals surface area contributed by atoms with Gasteiger partial charge >= 0.3 is 0 Å². The molecule has 1 atom stereocenters. The second-order valence-electron chi connectivity index (χ2n) is 7.82. The molecule has 7 nitrogen and oxygen atoms in total. The van der Waals surface area contributed by atoms with Crippen molar-refractivity contribution in [3.05, 3.63) is 93.3 Å². The molecule has 0 fully saturated rings. The monoisotopic (exact) mass is 430 g/mol. The first kappa shape index (κ1) is 21.4. The number of nitrogens with zero attached hydrogens (tertiary/aromatic N) is 2. The number of rotatable bonds is 6. The minimum absolute atomic E-state index is 0.0180. The lowest BCUT2D eigenvalue weighted by atomic mass is 10.1. The highest BCUT2D eigenvalue weighted by molar-refractivity contribution is 6.08. The van der Waals surface area contributed by atoms with Crippen LogP contribution in [0, 0.1) is 13.8 Å². The Morgan fingerprint density at radius 2 is 1.97 bits per heavy atom. The van der Waals surface area contributed by atoms with Crippen molar-refractivity contribution >= 4 is 16.8 Å². The fourth-order valence-corrected chi connectivity index (χ4v) is 4.24. The average molecular weight is 431 g/mol. The number of fused-ring (bicyclic) bond motifs is 1. The van der Waals surface area contributed by atoms with Crippen molar-refractivity contribution in [2.24, 2.45) is 0 Å². The molecule has 0 saturated carbocycles. The Morgan fingerprint density at radius 3 is 2.69 bits per heavy atom. The van der Waals surface area contributed by atoms with Gasteiger partial charge in [0.25, 0.3) is 11.5 Å². The lowest BCUT2D eigenvalue weighted by Gasteiger charge is -2.18. The molecule has 1 unspecified atom stereocenters. The number of carbonyl (C=O) groups excluding carboxylic acids is 1. The molecule has 1 aromatic carbocycles. The molecule has 0 saturated heterocycles. The van der Waals surface area contributed by atoms with Crippen LogP contribution in [0.1, 0.15) is 45.8 Å². The second kappa shape index (κ2) is 8.70. The van der Waals surface area contributed by atoms with Crippen LogP contribution >= 0.6 is 0 Å². The molecule has 32 heavy (non-hydrogen) atoms. The molecule has 164 valence electrons. The van der Waals surface area contributed by atoms with Crippen LogP contribution in [-0.2, 0) is 6.54 Å². The summed E-state index contributed by atoms with van der Waals surface area (Å²) in [7, 11) is 1.51. The van der Waals surface area contributed by atoms with Crippen LogP contribution in [0.15, 0.2) is 59.7 Å². The van der Waals surface area contributed by atoms with Gasteiger partial charge in [0.15, 0.2) is 0 Å². The largest absolute Gasteiger partial charge is 0.496 e. The number of H-pyrrole nitrogens is 1. The summed E-state index contributed by atoms with van der Waals surface area (Å²) >= 11 is 0. The van der Waals surface area contributed by atoms with E-state index in [4.69, 9.17) is 4.74 Å². The average Bonchev–Trinajstić information content (AvgIpc) is 3.09. The molecule has 0 spiro atoms. The van der Waals surface area contributed by atoms with Crippen LogP contribution in [0.25, 0.3) is 10.9 Å². The van der Waals surface area contributed by atoms with E-state index in [1.54, 1.807) is 25.4 Å².